The summed E-state index contributed by atoms with van der Waals surface area (Å²) in [5.41, 5.74) is 2.96. The molecule has 2 rings (SSSR count). The van der Waals surface area contributed by atoms with Gasteiger partial charge in [-0.2, -0.15) is 0 Å². The summed E-state index contributed by atoms with van der Waals surface area (Å²) in [6.07, 6.45) is 2.30. The Morgan fingerprint density at radius 1 is 1.38 bits per heavy atom. The topological polar surface area (TPSA) is 48.3 Å². The molecule has 86 valence electrons. The molecular weight excluding hydrogens is 206 g/mol. The highest BCUT2D eigenvalue weighted by molar-refractivity contribution is 6.03. The van der Waals surface area contributed by atoms with Gasteiger partial charge in [0.2, 0.25) is 0 Å². The van der Waals surface area contributed by atoms with Gasteiger partial charge >= 0.3 is 5.97 Å². The molecule has 0 atom stereocenters. The second-order valence-electron chi connectivity index (χ2n) is 4.12. The standard InChI is InChI=1S/C12H15NO3/c1-7-10-8(5-4-6-9(10)14)13(2)11(7)12(15)16-3/h4-6H2,1-3H3. The van der Waals surface area contributed by atoms with Crippen molar-refractivity contribution in [2.45, 2.75) is 26.2 Å². The van der Waals surface area contributed by atoms with E-state index in [0.717, 1.165) is 29.7 Å². The Labute approximate surface area is 94.2 Å². The van der Waals surface area contributed by atoms with Crippen LogP contribution in [0.2, 0.25) is 0 Å². The van der Waals surface area contributed by atoms with Gasteiger partial charge in [0.1, 0.15) is 5.69 Å². The van der Waals surface area contributed by atoms with Gasteiger partial charge < -0.3 is 9.30 Å². The predicted octanol–water partition coefficient (Wildman–Crippen LogP) is 1.64. The van der Waals surface area contributed by atoms with E-state index in [9.17, 15) is 9.59 Å². The first-order valence-electron chi connectivity index (χ1n) is 5.37. The van der Waals surface area contributed by atoms with Gasteiger partial charge in [-0.05, 0) is 25.3 Å². The first-order chi connectivity index (χ1) is 7.57. The van der Waals surface area contributed by atoms with E-state index in [4.69, 9.17) is 4.74 Å². The molecule has 1 aliphatic carbocycles. The van der Waals surface area contributed by atoms with Crippen LogP contribution in [0, 0.1) is 6.92 Å². The number of Topliss-reactive ketones (excluding diaryl/α,β-unsaturated/α-hetero) is 1. The Kier molecular flexibility index (Phi) is 2.58. The number of aromatic nitrogens is 1. The van der Waals surface area contributed by atoms with Crippen LogP contribution < -0.4 is 0 Å². The lowest BCUT2D eigenvalue weighted by molar-refractivity contribution is 0.0588. The van der Waals surface area contributed by atoms with Gasteiger partial charge in [-0.15, -0.1) is 0 Å². The van der Waals surface area contributed by atoms with Crippen LogP contribution in [-0.2, 0) is 18.2 Å². The van der Waals surface area contributed by atoms with E-state index in [1.807, 2.05) is 14.0 Å². The third kappa shape index (κ3) is 1.37. The summed E-state index contributed by atoms with van der Waals surface area (Å²) in [5, 5.41) is 0. The van der Waals surface area contributed by atoms with Crippen molar-refractivity contribution in [3.8, 4) is 0 Å². The number of hydrogen-bond acceptors (Lipinski definition) is 3. The van der Waals surface area contributed by atoms with Crippen LogP contribution in [0.5, 0.6) is 0 Å². The van der Waals surface area contributed by atoms with Gasteiger partial charge in [0.25, 0.3) is 0 Å². The molecule has 1 aromatic heterocycles. The van der Waals surface area contributed by atoms with Crippen molar-refractivity contribution in [1.29, 1.82) is 0 Å². The summed E-state index contributed by atoms with van der Waals surface area (Å²) in [4.78, 5) is 23.4. The predicted molar refractivity (Wildman–Crippen MR) is 58.8 cm³/mol. The van der Waals surface area contributed by atoms with Crippen LogP contribution in [0.3, 0.4) is 0 Å². The molecule has 0 aromatic carbocycles. The van der Waals surface area contributed by atoms with Crippen molar-refractivity contribution < 1.29 is 14.3 Å². The molecule has 4 nitrogen and oxygen atoms in total. The molecule has 1 aromatic rings. The van der Waals surface area contributed by atoms with Crippen molar-refractivity contribution in [2.75, 3.05) is 7.11 Å². The molecule has 16 heavy (non-hydrogen) atoms. The van der Waals surface area contributed by atoms with Gasteiger partial charge in [0.15, 0.2) is 5.78 Å². The molecule has 0 amide bonds. The zero-order valence-corrected chi connectivity index (χ0v) is 9.79. The number of carbonyl (C=O) groups is 2. The molecule has 1 aliphatic rings. The smallest absolute Gasteiger partial charge is 0.354 e. The molecule has 0 spiro atoms. The fourth-order valence-electron chi connectivity index (χ4n) is 2.48. The lowest BCUT2D eigenvalue weighted by Crippen LogP contribution is -2.13. The molecule has 0 saturated heterocycles. The van der Waals surface area contributed by atoms with Crippen molar-refractivity contribution in [1.82, 2.24) is 4.57 Å². The number of methoxy groups -OCH3 is 1. The van der Waals surface area contributed by atoms with Crippen molar-refractivity contribution in [3.63, 3.8) is 0 Å². The minimum Gasteiger partial charge on any atom is -0.464 e. The molecule has 0 fully saturated rings. The van der Waals surface area contributed by atoms with Gasteiger partial charge in [-0.3, -0.25) is 4.79 Å². The Balaban J connectivity index is 2.65. The van der Waals surface area contributed by atoms with Crippen LogP contribution in [0.1, 0.15) is 44.9 Å². The van der Waals surface area contributed by atoms with E-state index in [1.165, 1.54) is 7.11 Å². The van der Waals surface area contributed by atoms with Crippen molar-refractivity contribution >= 4 is 11.8 Å². The zero-order chi connectivity index (χ0) is 11.9. The second-order valence-corrected chi connectivity index (χ2v) is 4.12. The molecule has 1 heterocycles. The fraction of sp³-hybridized carbons (Fsp3) is 0.500. The number of nitrogens with zero attached hydrogens (tertiary/aromatic N) is 1. The number of esters is 1. The third-order valence-corrected chi connectivity index (χ3v) is 3.23. The minimum absolute atomic E-state index is 0.143. The lowest BCUT2D eigenvalue weighted by Gasteiger charge is -2.12. The average Bonchev–Trinajstić information content (AvgIpc) is 2.52. The SMILES string of the molecule is COC(=O)c1c(C)c2c(n1C)CCCC2=O. The van der Waals surface area contributed by atoms with Crippen molar-refractivity contribution in [2.24, 2.45) is 7.05 Å². The Morgan fingerprint density at radius 3 is 2.62 bits per heavy atom. The maximum Gasteiger partial charge on any atom is 0.354 e. The zero-order valence-electron chi connectivity index (χ0n) is 9.79. The van der Waals surface area contributed by atoms with E-state index < -0.39 is 0 Å². The summed E-state index contributed by atoms with van der Waals surface area (Å²) >= 11 is 0. The molecule has 0 radical (unpaired) electrons. The molecule has 0 bridgehead atoms. The van der Waals surface area contributed by atoms with E-state index in [2.05, 4.69) is 0 Å². The second kappa shape index (κ2) is 3.77. The number of carbonyl (C=O) groups excluding carboxylic acids is 2. The Bertz CT molecular complexity index is 471. The number of hydrogen-bond donors (Lipinski definition) is 0. The first kappa shape index (κ1) is 10.9. The van der Waals surface area contributed by atoms with E-state index in [-0.39, 0.29) is 11.8 Å². The molecule has 4 heteroatoms. The maximum atomic E-state index is 11.8. The number of rotatable bonds is 1. The van der Waals surface area contributed by atoms with Crippen molar-refractivity contribution in [3.05, 3.63) is 22.5 Å². The number of ketones is 1. The average molecular weight is 221 g/mol. The molecule has 0 aliphatic heterocycles. The molecular formula is C12H15NO3. The van der Waals surface area contributed by atoms with Crippen LogP contribution in [0.15, 0.2) is 0 Å². The lowest BCUT2D eigenvalue weighted by atomic mass is 9.94. The highest BCUT2D eigenvalue weighted by atomic mass is 16.5. The number of ether oxygens (including phenoxy) is 1. The van der Waals surface area contributed by atoms with Gasteiger partial charge in [-0.25, -0.2) is 4.79 Å². The van der Waals surface area contributed by atoms with E-state index in [0.29, 0.717) is 12.1 Å². The maximum absolute atomic E-state index is 11.8. The monoisotopic (exact) mass is 221 g/mol. The van der Waals surface area contributed by atoms with Crippen LogP contribution >= 0.6 is 0 Å². The highest BCUT2D eigenvalue weighted by Gasteiger charge is 2.29. The third-order valence-electron chi connectivity index (χ3n) is 3.23. The normalized spacial score (nSPS) is 14.8. The van der Waals surface area contributed by atoms with E-state index in [1.54, 1.807) is 4.57 Å². The van der Waals surface area contributed by atoms with E-state index >= 15 is 0 Å². The largest absolute Gasteiger partial charge is 0.464 e. The molecule has 0 N–H and O–H groups in total. The quantitative estimate of drug-likeness (QED) is 0.677. The summed E-state index contributed by atoms with van der Waals surface area (Å²) in [7, 11) is 3.17. The van der Waals surface area contributed by atoms with Gasteiger partial charge in [-0.1, -0.05) is 0 Å². The molecule has 0 saturated carbocycles. The summed E-state index contributed by atoms with van der Waals surface area (Å²) in [6, 6.07) is 0. The van der Waals surface area contributed by atoms with Gasteiger partial charge in [0, 0.05) is 24.7 Å². The molecule has 0 unspecified atom stereocenters. The highest BCUT2D eigenvalue weighted by Crippen LogP contribution is 2.29. The van der Waals surface area contributed by atoms with Crippen LogP contribution in [-0.4, -0.2) is 23.4 Å². The van der Waals surface area contributed by atoms with Crippen LogP contribution in [0.4, 0.5) is 0 Å². The van der Waals surface area contributed by atoms with Gasteiger partial charge in [0.05, 0.1) is 7.11 Å². The summed E-state index contributed by atoms with van der Waals surface area (Å²) < 4.78 is 6.54. The Hall–Kier alpha value is -1.58. The summed E-state index contributed by atoms with van der Waals surface area (Å²) in [6.45, 7) is 1.81. The minimum atomic E-state index is -0.373. The Morgan fingerprint density at radius 2 is 2.06 bits per heavy atom. The van der Waals surface area contributed by atoms with Crippen LogP contribution in [0.25, 0.3) is 0 Å². The summed E-state index contributed by atoms with van der Waals surface area (Å²) in [5.74, 6) is -0.230. The number of fused-ring (bicyclic) bond motifs is 1. The first-order valence-corrected chi connectivity index (χ1v) is 5.37. The fourth-order valence-corrected chi connectivity index (χ4v) is 2.48.